The Bertz CT molecular complexity index is 584. The summed E-state index contributed by atoms with van der Waals surface area (Å²) in [6.07, 6.45) is -0.384. The van der Waals surface area contributed by atoms with E-state index in [2.05, 4.69) is 4.74 Å². The lowest BCUT2D eigenvalue weighted by molar-refractivity contribution is -0.155. The number of hydrogen-bond acceptors (Lipinski definition) is 6. The summed E-state index contributed by atoms with van der Waals surface area (Å²) in [4.78, 5) is 13.3. The lowest BCUT2D eigenvalue weighted by atomic mass is 10.1. The Morgan fingerprint density at radius 1 is 1.42 bits per heavy atom. The highest BCUT2D eigenvalue weighted by Gasteiger charge is 2.40. The number of benzene rings is 1. The van der Waals surface area contributed by atoms with Crippen LogP contribution >= 0.6 is 0 Å². The number of halogens is 1. The molecule has 0 N–H and O–H groups in total. The molecule has 1 aromatic carbocycles. The van der Waals surface area contributed by atoms with Crippen LogP contribution in [0.4, 0.5) is 9.18 Å². The van der Waals surface area contributed by atoms with Gasteiger partial charge in [0.1, 0.15) is 12.7 Å². The third kappa shape index (κ3) is 4.08. The molecular weight excluding hydrogens is 317 g/mol. The number of hydrogen-bond donors (Lipinski definition) is 0. The first-order chi connectivity index (χ1) is 11.6. The van der Waals surface area contributed by atoms with Crippen molar-refractivity contribution in [2.75, 3.05) is 32.8 Å². The van der Waals surface area contributed by atoms with Gasteiger partial charge in [-0.1, -0.05) is 12.1 Å². The van der Waals surface area contributed by atoms with E-state index in [0.29, 0.717) is 25.3 Å². The number of carbonyl (C=O) groups is 1. The summed E-state index contributed by atoms with van der Waals surface area (Å²) in [5, 5.41) is 0. The fourth-order valence-corrected chi connectivity index (χ4v) is 3.04. The number of piperidine rings is 1. The molecule has 1 fully saturated rings. The Morgan fingerprint density at radius 3 is 3.00 bits per heavy atom. The van der Waals surface area contributed by atoms with Crippen LogP contribution < -0.4 is 9.47 Å². The van der Waals surface area contributed by atoms with Crippen molar-refractivity contribution in [1.29, 1.82) is 0 Å². The van der Waals surface area contributed by atoms with Gasteiger partial charge in [0.15, 0.2) is 11.5 Å². The number of likely N-dealkylation sites (tertiary alicyclic amines) is 1. The zero-order valence-electron chi connectivity index (χ0n) is 13.7. The molecule has 2 atom stereocenters. The molecule has 0 saturated carbocycles. The van der Waals surface area contributed by atoms with Gasteiger partial charge in [-0.3, -0.25) is 4.90 Å². The fraction of sp³-hybridized carbons (Fsp3) is 0.588. The van der Waals surface area contributed by atoms with Gasteiger partial charge in [-0.05, 0) is 32.0 Å². The Morgan fingerprint density at radius 2 is 2.21 bits per heavy atom. The van der Waals surface area contributed by atoms with Crippen molar-refractivity contribution in [3.05, 3.63) is 24.3 Å². The summed E-state index contributed by atoms with van der Waals surface area (Å²) in [5.74, 6) is -0.601. The van der Waals surface area contributed by atoms with Crippen LogP contribution in [0.5, 0.6) is 11.5 Å². The van der Waals surface area contributed by atoms with Gasteiger partial charge in [0.05, 0.1) is 13.2 Å². The molecule has 3 rings (SSSR count). The van der Waals surface area contributed by atoms with Crippen molar-refractivity contribution in [2.45, 2.75) is 31.7 Å². The van der Waals surface area contributed by atoms with Crippen LogP contribution in [0.15, 0.2) is 24.3 Å². The highest BCUT2D eigenvalue weighted by atomic mass is 19.2. The quantitative estimate of drug-likeness (QED) is 0.786. The smallest absolute Gasteiger partial charge is 0.486 e. The molecule has 0 aliphatic carbocycles. The fourth-order valence-electron chi connectivity index (χ4n) is 3.04. The highest BCUT2D eigenvalue weighted by Crippen LogP contribution is 2.32. The molecule has 0 amide bonds. The number of nitrogens with zero attached hydrogens (tertiary/aromatic N) is 1. The second kappa shape index (κ2) is 7.25. The standard InChI is InChI=1S/C17H22FNO5/c1-2-21-16(20)24-17(18)8-5-9-19(12-17)10-13-11-22-14-6-3-4-7-15(14)23-13/h3-4,6-7,13H,2,5,8-12H2,1H3. The van der Waals surface area contributed by atoms with E-state index in [1.54, 1.807) is 6.92 Å². The summed E-state index contributed by atoms with van der Waals surface area (Å²) in [6, 6.07) is 7.47. The predicted molar refractivity (Wildman–Crippen MR) is 84.0 cm³/mol. The molecule has 1 aromatic rings. The van der Waals surface area contributed by atoms with Crippen LogP contribution in [0.1, 0.15) is 19.8 Å². The zero-order valence-corrected chi connectivity index (χ0v) is 13.7. The molecule has 6 nitrogen and oxygen atoms in total. The highest BCUT2D eigenvalue weighted by molar-refractivity contribution is 5.60. The van der Waals surface area contributed by atoms with Crippen LogP contribution in [0.3, 0.4) is 0 Å². The van der Waals surface area contributed by atoms with Crippen LogP contribution in [0, 0.1) is 0 Å². The topological polar surface area (TPSA) is 57.2 Å². The van der Waals surface area contributed by atoms with E-state index in [4.69, 9.17) is 14.2 Å². The Labute approximate surface area is 140 Å². The third-order valence-corrected chi connectivity index (χ3v) is 4.04. The second-order valence-electron chi connectivity index (χ2n) is 6.00. The lowest BCUT2D eigenvalue weighted by Gasteiger charge is -2.38. The molecular formula is C17H22FNO5. The molecule has 2 aliphatic heterocycles. The lowest BCUT2D eigenvalue weighted by Crippen LogP contribution is -2.51. The van der Waals surface area contributed by atoms with Gasteiger partial charge in [-0.2, -0.15) is 4.39 Å². The van der Waals surface area contributed by atoms with E-state index >= 15 is 0 Å². The van der Waals surface area contributed by atoms with E-state index in [9.17, 15) is 9.18 Å². The first kappa shape index (κ1) is 16.8. The molecule has 24 heavy (non-hydrogen) atoms. The monoisotopic (exact) mass is 339 g/mol. The molecule has 1 saturated heterocycles. The molecule has 2 heterocycles. The number of carbonyl (C=O) groups excluding carboxylic acids is 1. The van der Waals surface area contributed by atoms with E-state index in [1.165, 1.54) is 0 Å². The first-order valence-corrected chi connectivity index (χ1v) is 8.23. The Kier molecular flexibility index (Phi) is 5.08. The maximum Gasteiger partial charge on any atom is 0.511 e. The number of rotatable bonds is 4. The normalized spacial score (nSPS) is 26.7. The number of alkyl halides is 1. The minimum atomic E-state index is -2.02. The van der Waals surface area contributed by atoms with Crippen molar-refractivity contribution < 1.29 is 28.1 Å². The van der Waals surface area contributed by atoms with Crippen LogP contribution in [-0.4, -0.2) is 55.9 Å². The molecule has 0 aromatic heterocycles. The minimum absolute atomic E-state index is 0.00726. The summed E-state index contributed by atoms with van der Waals surface area (Å²) in [6.45, 7) is 3.45. The summed E-state index contributed by atoms with van der Waals surface area (Å²) >= 11 is 0. The van der Waals surface area contributed by atoms with Crippen molar-refractivity contribution >= 4 is 6.16 Å². The molecule has 132 valence electrons. The third-order valence-electron chi connectivity index (χ3n) is 4.04. The number of para-hydroxylation sites is 2. The molecule has 0 bridgehead atoms. The average molecular weight is 339 g/mol. The van der Waals surface area contributed by atoms with Gasteiger partial charge in [0.2, 0.25) is 0 Å². The van der Waals surface area contributed by atoms with Gasteiger partial charge in [-0.15, -0.1) is 0 Å². The second-order valence-corrected chi connectivity index (χ2v) is 6.00. The number of fused-ring (bicyclic) bond motifs is 1. The maximum absolute atomic E-state index is 14.8. The summed E-state index contributed by atoms with van der Waals surface area (Å²) < 4.78 is 35.9. The van der Waals surface area contributed by atoms with Crippen molar-refractivity contribution in [2.24, 2.45) is 0 Å². The minimum Gasteiger partial charge on any atom is -0.486 e. The van der Waals surface area contributed by atoms with Crippen molar-refractivity contribution in [3.63, 3.8) is 0 Å². The molecule has 7 heteroatoms. The SMILES string of the molecule is CCOC(=O)OC1(F)CCCN(CC2COc3ccccc3O2)C1. The van der Waals surface area contributed by atoms with Gasteiger partial charge in [-0.25, -0.2) is 4.79 Å². The molecule has 2 unspecified atom stereocenters. The number of ether oxygens (including phenoxy) is 4. The Hall–Kier alpha value is -2.02. The van der Waals surface area contributed by atoms with E-state index < -0.39 is 12.0 Å². The van der Waals surface area contributed by atoms with E-state index in [-0.39, 0.29) is 25.7 Å². The first-order valence-electron chi connectivity index (χ1n) is 8.23. The van der Waals surface area contributed by atoms with E-state index in [0.717, 1.165) is 12.3 Å². The Balaban J connectivity index is 1.55. The van der Waals surface area contributed by atoms with Gasteiger partial charge in [0, 0.05) is 13.0 Å². The van der Waals surface area contributed by atoms with Crippen LogP contribution in [0.2, 0.25) is 0 Å². The van der Waals surface area contributed by atoms with Crippen molar-refractivity contribution in [3.8, 4) is 11.5 Å². The van der Waals surface area contributed by atoms with Gasteiger partial charge >= 0.3 is 6.16 Å². The zero-order chi connectivity index (χ0) is 17.0. The van der Waals surface area contributed by atoms with E-state index in [1.807, 2.05) is 29.2 Å². The largest absolute Gasteiger partial charge is 0.511 e. The molecule has 0 radical (unpaired) electrons. The summed E-state index contributed by atoms with van der Waals surface area (Å²) in [7, 11) is 0. The van der Waals surface area contributed by atoms with Crippen LogP contribution in [-0.2, 0) is 9.47 Å². The van der Waals surface area contributed by atoms with Crippen molar-refractivity contribution in [1.82, 2.24) is 4.90 Å². The maximum atomic E-state index is 14.8. The average Bonchev–Trinajstić information content (AvgIpc) is 2.54. The molecule has 0 spiro atoms. The predicted octanol–water partition coefficient (Wildman–Crippen LogP) is 2.76. The van der Waals surface area contributed by atoms with Gasteiger partial charge < -0.3 is 18.9 Å². The molecule has 2 aliphatic rings. The van der Waals surface area contributed by atoms with Gasteiger partial charge in [0.25, 0.3) is 5.85 Å². The van der Waals surface area contributed by atoms with Crippen LogP contribution in [0.25, 0.3) is 0 Å². The summed E-state index contributed by atoms with van der Waals surface area (Å²) in [5.41, 5.74) is 0.